The molecule has 0 rings (SSSR count). The third-order valence-corrected chi connectivity index (χ3v) is 2.33. The molecule has 0 aromatic heterocycles. The van der Waals surface area contributed by atoms with E-state index in [0.29, 0.717) is 6.42 Å². The number of carbonyl (C=O) groups excluding carboxylic acids is 1. The maximum absolute atomic E-state index is 11.1. The molecule has 0 aliphatic carbocycles. The van der Waals surface area contributed by atoms with Gasteiger partial charge in [-0.25, -0.2) is 4.57 Å². The molecule has 7 heteroatoms. The van der Waals surface area contributed by atoms with Gasteiger partial charge in [0, 0.05) is 6.42 Å². The van der Waals surface area contributed by atoms with Crippen LogP contribution in [0.25, 0.3) is 0 Å². The maximum Gasteiger partial charge on any atom is 0.469 e. The van der Waals surface area contributed by atoms with Crippen molar-refractivity contribution in [2.45, 2.75) is 26.7 Å². The Hall–Kier alpha value is -0.420. The fraction of sp³-hybridized carbons (Fsp3) is 0.875. The molecular weight excluding hydrogens is 223 g/mol. The van der Waals surface area contributed by atoms with Crippen molar-refractivity contribution >= 4 is 13.8 Å². The van der Waals surface area contributed by atoms with E-state index in [9.17, 15) is 9.36 Å². The third-order valence-electron chi connectivity index (χ3n) is 1.81. The number of phosphoric ester groups is 1. The monoisotopic (exact) mass is 240 g/mol. The van der Waals surface area contributed by atoms with Crippen molar-refractivity contribution < 1.29 is 28.4 Å². The van der Waals surface area contributed by atoms with E-state index in [2.05, 4.69) is 4.52 Å². The van der Waals surface area contributed by atoms with Gasteiger partial charge in [-0.2, -0.15) is 0 Å². The molecule has 0 saturated carbocycles. The Morgan fingerprint density at radius 2 is 2.00 bits per heavy atom. The predicted octanol–water partition coefficient (Wildman–Crippen LogP) is 1.08. The molecule has 2 N–H and O–H groups in total. The van der Waals surface area contributed by atoms with Crippen LogP contribution in [0.1, 0.15) is 26.7 Å². The zero-order chi connectivity index (χ0) is 11.9. The summed E-state index contributed by atoms with van der Waals surface area (Å²) in [5.74, 6) is -0.443. The standard InChI is InChI=1S/C8H17O6P/c1-3-7(2)8(9)13-5-4-6-14-15(10,11)12/h7H,3-6H2,1-2H3,(H2,10,11,12). The van der Waals surface area contributed by atoms with Crippen LogP contribution in [-0.2, 0) is 18.6 Å². The van der Waals surface area contributed by atoms with Gasteiger partial charge in [0.15, 0.2) is 0 Å². The molecule has 90 valence electrons. The van der Waals surface area contributed by atoms with Gasteiger partial charge in [-0.3, -0.25) is 9.32 Å². The van der Waals surface area contributed by atoms with Gasteiger partial charge < -0.3 is 14.5 Å². The lowest BCUT2D eigenvalue weighted by molar-refractivity contribution is -0.148. The van der Waals surface area contributed by atoms with E-state index in [0.717, 1.165) is 0 Å². The molecule has 0 aromatic rings. The van der Waals surface area contributed by atoms with E-state index < -0.39 is 7.82 Å². The van der Waals surface area contributed by atoms with E-state index in [1.165, 1.54) is 0 Å². The second-order valence-electron chi connectivity index (χ2n) is 3.15. The van der Waals surface area contributed by atoms with E-state index >= 15 is 0 Å². The van der Waals surface area contributed by atoms with Crippen LogP contribution in [0.5, 0.6) is 0 Å². The van der Waals surface area contributed by atoms with E-state index in [1.807, 2.05) is 6.92 Å². The van der Waals surface area contributed by atoms with Crippen LogP contribution in [0.15, 0.2) is 0 Å². The topological polar surface area (TPSA) is 93.1 Å². The summed E-state index contributed by atoms with van der Waals surface area (Å²) in [5, 5.41) is 0. The molecule has 0 aliphatic rings. The van der Waals surface area contributed by atoms with Crippen LogP contribution in [0.4, 0.5) is 0 Å². The Balaban J connectivity index is 3.47. The number of hydrogen-bond donors (Lipinski definition) is 2. The van der Waals surface area contributed by atoms with Crippen LogP contribution < -0.4 is 0 Å². The lowest BCUT2D eigenvalue weighted by Crippen LogP contribution is -2.15. The maximum atomic E-state index is 11.1. The summed E-state index contributed by atoms with van der Waals surface area (Å²) in [6.45, 7) is 3.62. The Morgan fingerprint density at radius 1 is 1.40 bits per heavy atom. The molecule has 0 fully saturated rings. The fourth-order valence-corrected chi connectivity index (χ4v) is 1.09. The molecule has 15 heavy (non-hydrogen) atoms. The minimum absolute atomic E-state index is 0.114. The largest absolute Gasteiger partial charge is 0.469 e. The molecule has 0 saturated heterocycles. The normalized spacial score (nSPS) is 13.6. The van der Waals surface area contributed by atoms with Crippen LogP contribution in [0.2, 0.25) is 0 Å². The number of hydrogen-bond acceptors (Lipinski definition) is 4. The van der Waals surface area contributed by atoms with Crippen molar-refractivity contribution in [3.8, 4) is 0 Å². The second-order valence-corrected chi connectivity index (χ2v) is 4.39. The highest BCUT2D eigenvalue weighted by atomic mass is 31.2. The smallest absolute Gasteiger partial charge is 0.465 e. The molecule has 1 atom stereocenters. The highest BCUT2D eigenvalue weighted by molar-refractivity contribution is 7.46. The van der Waals surface area contributed by atoms with Gasteiger partial charge in [-0.15, -0.1) is 0 Å². The van der Waals surface area contributed by atoms with Gasteiger partial charge in [0.05, 0.1) is 19.1 Å². The fourth-order valence-electron chi connectivity index (χ4n) is 0.724. The summed E-state index contributed by atoms with van der Waals surface area (Å²) in [7, 11) is -4.39. The molecule has 6 nitrogen and oxygen atoms in total. The van der Waals surface area contributed by atoms with Crippen molar-refractivity contribution in [2.24, 2.45) is 5.92 Å². The van der Waals surface area contributed by atoms with Crippen LogP contribution in [0, 0.1) is 5.92 Å². The van der Waals surface area contributed by atoms with Crippen LogP contribution >= 0.6 is 7.82 Å². The molecule has 0 radical (unpaired) electrons. The number of ether oxygens (including phenoxy) is 1. The van der Waals surface area contributed by atoms with Crippen molar-refractivity contribution in [2.75, 3.05) is 13.2 Å². The summed E-state index contributed by atoms with van der Waals surface area (Å²) >= 11 is 0. The molecule has 0 amide bonds. The summed E-state index contributed by atoms with van der Waals surface area (Å²) in [4.78, 5) is 27.8. The van der Waals surface area contributed by atoms with E-state index in [1.54, 1.807) is 6.92 Å². The quantitative estimate of drug-likeness (QED) is 0.393. The van der Waals surface area contributed by atoms with Crippen molar-refractivity contribution in [3.05, 3.63) is 0 Å². The first-order chi connectivity index (χ1) is 6.87. The molecule has 0 aromatic carbocycles. The second kappa shape index (κ2) is 6.95. The van der Waals surface area contributed by atoms with Gasteiger partial charge >= 0.3 is 13.8 Å². The molecule has 1 unspecified atom stereocenters. The Bertz CT molecular complexity index is 235. The number of esters is 1. The van der Waals surface area contributed by atoms with E-state index in [-0.39, 0.29) is 31.5 Å². The minimum atomic E-state index is -4.39. The van der Waals surface area contributed by atoms with Gasteiger partial charge in [-0.1, -0.05) is 13.8 Å². The SMILES string of the molecule is CCC(C)C(=O)OCCCOP(=O)(O)O. The highest BCUT2D eigenvalue weighted by Crippen LogP contribution is 2.35. The first-order valence-electron chi connectivity index (χ1n) is 4.73. The average Bonchev–Trinajstić information content (AvgIpc) is 2.14. The zero-order valence-corrected chi connectivity index (χ0v) is 9.77. The molecule has 0 heterocycles. The molecular formula is C8H17O6P. The third kappa shape index (κ3) is 8.57. The first-order valence-corrected chi connectivity index (χ1v) is 6.26. The zero-order valence-electron chi connectivity index (χ0n) is 8.88. The lowest BCUT2D eigenvalue weighted by Gasteiger charge is -2.09. The molecule has 0 aliphatic heterocycles. The van der Waals surface area contributed by atoms with Crippen molar-refractivity contribution in [3.63, 3.8) is 0 Å². The first kappa shape index (κ1) is 14.6. The van der Waals surface area contributed by atoms with Gasteiger partial charge in [-0.05, 0) is 6.42 Å². The predicted molar refractivity (Wildman–Crippen MR) is 53.0 cm³/mol. The Labute approximate surface area is 88.8 Å². The number of rotatable bonds is 7. The molecule has 0 bridgehead atoms. The van der Waals surface area contributed by atoms with Crippen LogP contribution in [0.3, 0.4) is 0 Å². The van der Waals surface area contributed by atoms with E-state index in [4.69, 9.17) is 14.5 Å². The highest BCUT2D eigenvalue weighted by Gasteiger charge is 2.14. The van der Waals surface area contributed by atoms with Crippen molar-refractivity contribution in [1.82, 2.24) is 0 Å². The van der Waals surface area contributed by atoms with Gasteiger partial charge in [0.25, 0.3) is 0 Å². The Kier molecular flexibility index (Phi) is 6.76. The van der Waals surface area contributed by atoms with Gasteiger partial charge in [0.1, 0.15) is 0 Å². The summed E-state index contributed by atoms with van der Waals surface area (Å²) in [6, 6.07) is 0. The number of phosphoric acid groups is 1. The summed E-state index contributed by atoms with van der Waals surface area (Å²) in [6.07, 6.45) is 0.977. The minimum Gasteiger partial charge on any atom is -0.465 e. The molecule has 0 spiro atoms. The van der Waals surface area contributed by atoms with Crippen molar-refractivity contribution in [1.29, 1.82) is 0 Å². The summed E-state index contributed by atoms with van der Waals surface area (Å²) in [5.41, 5.74) is 0. The van der Waals surface area contributed by atoms with Crippen LogP contribution in [-0.4, -0.2) is 29.0 Å². The average molecular weight is 240 g/mol. The summed E-state index contributed by atoms with van der Waals surface area (Å²) < 4.78 is 19.3. The van der Waals surface area contributed by atoms with Gasteiger partial charge in [0.2, 0.25) is 0 Å². The number of carbonyl (C=O) groups is 1. The Morgan fingerprint density at radius 3 is 2.47 bits per heavy atom. The lowest BCUT2D eigenvalue weighted by atomic mass is 10.1.